The molecular weight excluding hydrogens is 512 g/mol. The van der Waals surface area contributed by atoms with Gasteiger partial charge in [0.15, 0.2) is 5.78 Å². The maximum Gasteiger partial charge on any atom is 0.304 e. The second kappa shape index (κ2) is 14.4. The molecule has 2 amide bonds. The molecule has 0 aliphatic carbocycles. The van der Waals surface area contributed by atoms with Crippen molar-refractivity contribution in [2.75, 3.05) is 0 Å². The van der Waals surface area contributed by atoms with Gasteiger partial charge in [0.05, 0.1) is 18.4 Å². The van der Waals surface area contributed by atoms with Gasteiger partial charge in [-0.15, -0.1) is 0 Å². The first kappa shape index (κ1) is 29.8. The molecule has 0 heterocycles. The summed E-state index contributed by atoms with van der Waals surface area (Å²) in [6.07, 6.45) is -1.26. The summed E-state index contributed by atoms with van der Waals surface area (Å²) in [4.78, 5) is 58.9. The van der Waals surface area contributed by atoms with Crippen molar-refractivity contribution in [3.05, 3.63) is 84.4 Å². The van der Waals surface area contributed by atoms with Gasteiger partial charge < -0.3 is 21.3 Å². The number of carbonyl (C=O) groups is 5. The maximum atomic E-state index is 12.7. The Hall–Kier alpha value is -4.79. The number of hydrogen-bond acceptors (Lipinski definition) is 5. The van der Waals surface area contributed by atoms with Gasteiger partial charge >= 0.3 is 11.9 Å². The number of carbonyl (C=O) groups excluding carboxylic acids is 3. The quantitative estimate of drug-likeness (QED) is 0.226. The minimum Gasteiger partial charge on any atom is -0.481 e. The normalized spacial score (nSPS) is 12.2. The number of carboxylic acids is 2. The van der Waals surface area contributed by atoms with Gasteiger partial charge in [0, 0.05) is 19.3 Å². The fourth-order valence-electron chi connectivity index (χ4n) is 4.32. The van der Waals surface area contributed by atoms with Gasteiger partial charge in [0.1, 0.15) is 0 Å². The molecule has 0 saturated carbocycles. The molecule has 3 rings (SSSR count). The highest BCUT2D eigenvalue weighted by Gasteiger charge is 2.28. The van der Waals surface area contributed by atoms with Crippen LogP contribution in [0.3, 0.4) is 0 Å². The van der Waals surface area contributed by atoms with Crippen LogP contribution in [0.25, 0.3) is 22.3 Å². The van der Waals surface area contributed by atoms with E-state index >= 15 is 0 Å². The van der Waals surface area contributed by atoms with Crippen molar-refractivity contribution in [3.8, 4) is 22.3 Å². The van der Waals surface area contributed by atoms with E-state index in [1.807, 2.05) is 42.5 Å². The lowest BCUT2D eigenvalue weighted by atomic mass is 9.93. The molecule has 0 bridgehead atoms. The third kappa shape index (κ3) is 9.20. The molecule has 5 N–H and O–H groups in total. The van der Waals surface area contributed by atoms with Crippen molar-refractivity contribution < 1.29 is 34.2 Å². The lowest BCUT2D eigenvalue weighted by Crippen LogP contribution is -2.43. The smallest absolute Gasteiger partial charge is 0.304 e. The zero-order valence-electron chi connectivity index (χ0n) is 21.9. The first-order valence-corrected chi connectivity index (χ1v) is 12.9. The summed E-state index contributed by atoms with van der Waals surface area (Å²) < 4.78 is 0. The molecule has 40 heavy (non-hydrogen) atoms. The molecule has 3 aromatic carbocycles. The Morgan fingerprint density at radius 1 is 0.675 bits per heavy atom. The maximum absolute atomic E-state index is 12.7. The largest absolute Gasteiger partial charge is 0.481 e. The summed E-state index contributed by atoms with van der Waals surface area (Å²) in [5.74, 6) is -5.74. The standard InChI is InChI=1S/C31H32N2O7/c32-31(40)25(19-30(38)39)18-27(34)26(15-17-29(36)37)33-28(35)16-8-20-6-9-22(10-7-20)24-13-11-23(12-14-24)21-4-2-1-3-5-21/h1-7,9-14,25-26H,8,15-19H2,(H2,32,40)(H,33,35)(H,36,37)(H,38,39)/t25?,26-/m0/s1. The van der Waals surface area contributed by atoms with E-state index < -0.39 is 54.3 Å². The lowest BCUT2D eigenvalue weighted by molar-refractivity contribution is -0.141. The summed E-state index contributed by atoms with van der Waals surface area (Å²) in [5, 5.41) is 20.5. The number of nitrogens with one attached hydrogen (secondary N) is 1. The number of aryl methyl sites for hydroxylation is 1. The number of Topliss-reactive ketones (excluding diaryl/α,β-unsaturated/α-hetero) is 1. The number of amides is 2. The molecule has 0 spiro atoms. The van der Waals surface area contributed by atoms with Crippen LogP contribution in [-0.2, 0) is 30.4 Å². The number of primary amides is 1. The van der Waals surface area contributed by atoms with E-state index in [1.165, 1.54) is 0 Å². The summed E-state index contributed by atoms with van der Waals surface area (Å²) >= 11 is 0. The predicted molar refractivity (Wildman–Crippen MR) is 149 cm³/mol. The van der Waals surface area contributed by atoms with Gasteiger partial charge in [-0.1, -0.05) is 78.9 Å². The van der Waals surface area contributed by atoms with E-state index in [-0.39, 0.29) is 19.3 Å². The molecular formula is C31H32N2O7. The lowest BCUT2D eigenvalue weighted by Gasteiger charge is -2.19. The monoisotopic (exact) mass is 544 g/mol. The van der Waals surface area contributed by atoms with Gasteiger partial charge in [-0.25, -0.2) is 0 Å². The van der Waals surface area contributed by atoms with Crippen LogP contribution in [0.2, 0.25) is 0 Å². The van der Waals surface area contributed by atoms with Crippen LogP contribution in [0.15, 0.2) is 78.9 Å². The number of rotatable bonds is 15. The van der Waals surface area contributed by atoms with Crippen LogP contribution >= 0.6 is 0 Å². The van der Waals surface area contributed by atoms with Gasteiger partial charge in [-0.3, -0.25) is 24.0 Å². The molecule has 0 fully saturated rings. The van der Waals surface area contributed by atoms with Crippen molar-refractivity contribution in [1.29, 1.82) is 0 Å². The van der Waals surface area contributed by atoms with Gasteiger partial charge in [0.25, 0.3) is 0 Å². The van der Waals surface area contributed by atoms with Gasteiger partial charge in [-0.2, -0.15) is 0 Å². The highest BCUT2D eigenvalue weighted by molar-refractivity contribution is 5.93. The minimum atomic E-state index is -1.29. The van der Waals surface area contributed by atoms with E-state index in [0.717, 1.165) is 27.8 Å². The first-order chi connectivity index (χ1) is 19.1. The van der Waals surface area contributed by atoms with E-state index in [4.69, 9.17) is 15.9 Å². The third-order valence-corrected chi connectivity index (χ3v) is 6.56. The van der Waals surface area contributed by atoms with Crippen molar-refractivity contribution in [2.24, 2.45) is 11.7 Å². The molecule has 0 saturated heterocycles. The summed E-state index contributed by atoms with van der Waals surface area (Å²) in [5.41, 5.74) is 10.5. The Bertz CT molecular complexity index is 1340. The second-order valence-corrected chi connectivity index (χ2v) is 9.56. The number of hydrogen-bond donors (Lipinski definition) is 4. The highest BCUT2D eigenvalue weighted by atomic mass is 16.4. The molecule has 0 radical (unpaired) electrons. The van der Waals surface area contributed by atoms with Crippen LogP contribution in [0.1, 0.15) is 37.7 Å². The molecule has 0 aliphatic heterocycles. The average Bonchev–Trinajstić information content (AvgIpc) is 2.94. The van der Waals surface area contributed by atoms with Crippen LogP contribution in [0.4, 0.5) is 0 Å². The molecule has 1 unspecified atom stereocenters. The number of aliphatic carboxylic acids is 2. The SMILES string of the molecule is NC(=O)C(CC(=O)O)CC(=O)[C@H](CCC(=O)O)NC(=O)CCc1ccc(-c2ccc(-c3ccccc3)cc2)cc1. The predicted octanol–water partition coefficient (Wildman–Crippen LogP) is 3.84. The van der Waals surface area contributed by atoms with E-state index in [2.05, 4.69) is 41.7 Å². The zero-order valence-corrected chi connectivity index (χ0v) is 21.9. The first-order valence-electron chi connectivity index (χ1n) is 12.9. The Labute approximate surface area is 232 Å². The van der Waals surface area contributed by atoms with Gasteiger partial charge in [0.2, 0.25) is 11.8 Å². The van der Waals surface area contributed by atoms with Crippen LogP contribution in [-0.4, -0.2) is 45.8 Å². The van der Waals surface area contributed by atoms with E-state index in [0.29, 0.717) is 6.42 Å². The fourth-order valence-corrected chi connectivity index (χ4v) is 4.32. The molecule has 2 atom stereocenters. The molecule has 208 valence electrons. The third-order valence-electron chi connectivity index (χ3n) is 6.56. The van der Waals surface area contributed by atoms with E-state index in [9.17, 15) is 24.0 Å². The molecule has 9 heteroatoms. The van der Waals surface area contributed by atoms with Crippen molar-refractivity contribution in [3.63, 3.8) is 0 Å². The number of carboxylic acid groups (broad SMARTS) is 2. The van der Waals surface area contributed by atoms with Crippen molar-refractivity contribution >= 4 is 29.5 Å². The van der Waals surface area contributed by atoms with Crippen molar-refractivity contribution in [2.45, 2.75) is 44.6 Å². The minimum absolute atomic E-state index is 0.0519. The summed E-state index contributed by atoms with van der Waals surface area (Å²) in [6, 6.07) is 24.9. The number of ketones is 1. The van der Waals surface area contributed by atoms with Crippen LogP contribution in [0, 0.1) is 5.92 Å². The Morgan fingerprint density at radius 3 is 1.70 bits per heavy atom. The van der Waals surface area contributed by atoms with Gasteiger partial charge in [-0.05, 0) is 40.7 Å². The van der Waals surface area contributed by atoms with Crippen LogP contribution in [0.5, 0.6) is 0 Å². The fraction of sp³-hybridized carbons (Fsp3) is 0.258. The zero-order chi connectivity index (χ0) is 29.1. The molecule has 0 aromatic heterocycles. The summed E-state index contributed by atoms with van der Waals surface area (Å²) in [7, 11) is 0. The van der Waals surface area contributed by atoms with E-state index in [1.54, 1.807) is 0 Å². The topological polar surface area (TPSA) is 164 Å². The molecule has 9 nitrogen and oxygen atoms in total. The second-order valence-electron chi connectivity index (χ2n) is 9.56. The van der Waals surface area contributed by atoms with Crippen molar-refractivity contribution in [1.82, 2.24) is 5.32 Å². The Balaban J connectivity index is 1.58. The highest BCUT2D eigenvalue weighted by Crippen LogP contribution is 2.25. The molecule has 0 aliphatic rings. The summed E-state index contributed by atoms with van der Waals surface area (Å²) in [6.45, 7) is 0. The molecule has 3 aromatic rings. The number of benzene rings is 3. The Morgan fingerprint density at radius 2 is 1.20 bits per heavy atom. The Kier molecular flexibility index (Phi) is 10.7. The number of nitrogens with two attached hydrogens (primary N) is 1. The average molecular weight is 545 g/mol. The van der Waals surface area contributed by atoms with Crippen LogP contribution < -0.4 is 11.1 Å².